The molecule has 0 aliphatic rings. The number of hydrogen-bond donors (Lipinski definition) is 4. The zero-order valence-electron chi connectivity index (χ0n) is 16.5. The summed E-state index contributed by atoms with van der Waals surface area (Å²) in [4.78, 5) is 36.1. The molecule has 28 heavy (non-hydrogen) atoms. The van der Waals surface area contributed by atoms with Crippen molar-refractivity contribution in [3.63, 3.8) is 0 Å². The van der Waals surface area contributed by atoms with Gasteiger partial charge < -0.3 is 16.4 Å². The van der Waals surface area contributed by atoms with Gasteiger partial charge in [-0.2, -0.15) is 0 Å². The molecular formula is C20H32N4O4. The Bertz CT molecular complexity index is 597. The number of amides is 3. The maximum Gasteiger partial charge on any atom is 0.246 e. The first-order valence-corrected chi connectivity index (χ1v) is 9.79. The second-order valence-electron chi connectivity index (χ2n) is 6.77. The maximum absolute atomic E-state index is 12.7. The van der Waals surface area contributed by atoms with Gasteiger partial charge in [0.25, 0.3) is 0 Å². The van der Waals surface area contributed by atoms with E-state index in [4.69, 9.17) is 5.73 Å². The van der Waals surface area contributed by atoms with E-state index in [0.717, 1.165) is 19.3 Å². The molecule has 0 aromatic heterocycles. The number of hydroxylamine groups is 2. The SMILES string of the molecule is CCCC[C@H](CN(O)C=O)C(=O)N[C@@H](CCCCN)C(=O)Nc1ccccc1. The zero-order valence-corrected chi connectivity index (χ0v) is 16.5. The van der Waals surface area contributed by atoms with E-state index in [2.05, 4.69) is 10.6 Å². The molecular weight excluding hydrogens is 360 g/mol. The van der Waals surface area contributed by atoms with Crippen LogP contribution in [0, 0.1) is 5.92 Å². The van der Waals surface area contributed by atoms with Crippen LogP contribution in [0.25, 0.3) is 0 Å². The van der Waals surface area contributed by atoms with Crippen molar-refractivity contribution in [1.82, 2.24) is 10.4 Å². The predicted octanol–water partition coefficient (Wildman–Crippen LogP) is 1.89. The van der Waals surface area contributed by atoms with Crippen LogP contribution in [0.1, 0.15) is 45.4 Å². The number of rotatable bonds is 14. The average molecular weight is 393 g/mol. The summed E-state index contributed by atoms with van der Waals surface area (Å²) in [6, 6.07) is 8.30. The normalized spacial score (nSPS) is 12.7. The Balaban J connectivity index is 2.81. The van der Waals surface area contributed by atoms with Gasteiger partial charge in [0.05, 0.1) is 12.5 Å². The lowest BCUT2D eigenvalue weighted by Crippen LogP contribution is -2.47. The number of anilines is 1. The van der Waals surface area contributed by atoms with E-state index in [1.165, 1.54) is 0 Å². The van der Waals surface area contributed by atoms with Gasteiger partial charge >= 0.3 is 0 Å². The number of carbonyl (C=O) groups excluding carboxylic acids is 3. The van der Waals surface area contributed by atoms with Crippen LogP contribution >= 0.6 is 0 Å². The number of hydrogen-bond acceptors (Lipinski definition) is 5. The molecule has 2 atom stereocenters. The van der Waals surface area contributed by atoms with Crippen LogP contribution in [0.15, 0.2) is 30.3 Å². The molecule has 0 aliphatic heterocycles. The first-order valence-electron chi connectivity index (χ1n) is 9.79. The van der Waals surface area contributed by atoms with Crippen LogP contribution in [-0.2, 0) is 14.4 Å². The highest BCUT2D eigenvalue weighted by molar-refractivity contribution is 5.97. The Kier molecular flexibility index (Phi) is 11.5. The molecule has 8 nitrogen and oxygen atoms in total. The third-order valence-corrected chi connectivity index (χ3v) is 4.43. The highest BCUT2D eigenvalue weighted by atomic mass is 16.5. The summed E-state index contributed by atoms with van der Waals surface area (Å²) in [6.07, 6.45) is 4.35. The quantitative estimate of drug-likeness (QED) is 0.167. The summed E-state index contributed by atoms with van der Waals surface area (Å²) in [5.41, 5.74) is 6.18. The number of nitrogens with zero attached hydrogens (tertiary/aromatic N) is 1. The first-order chi connectivity index (χ1) is 13.5. The summed E-state index contributed by atoms with van der Waals surface area (Å²) in [6.45, 7) is 2.40. The number of para-hydroxylation sites is 1. The van der Waals surface area contributed by atoms with Crippen LogP contribution < -0.4 is 16.4 Å². The molecule has 8 heteroatoms. The number of nitrogens with one attached hydrogen (secondary N) is 2. The smallest absolute Gasteiger partial charge is 0.246 e. The lowest BCUT2D eigenvalue weighted by atomic mass is 9.99. The van der Waals surface area contributed by atoms with Crippen LogP contribution in [-0.4, -0.2) is 47.6 Å². The largest absolute Gasteiger partial charge is 0.344 e. The maximum atomic E-state index is 12.7. The standard InChI is InChI=1S/C20H32N4O4/c1-2-3-9-16(14-24(28)15-25)19(26)23-18(12-7-8-13-21)20(27)22-17-10-5-4-6-11-17/h4-6,10-11,15-16,18,28H,2-3,7-9,12-14,21H2,1H3,(H,22,27)(H,23,26)/t16-,18+/m1/s1. The number of nitrogens with two attached hydrogens (primary N) is 1. The van der Waals surface area contributed by atoms with Crippen molar-refractivity contribution in [2.75, 3.05) is 18.4 Å². The topological polar surface area (TPSA) is 125 Å². The minimum atomic E-state index is -0.716. The molecule has 1 aromatic rings. The van der Waals surface area contributed by atoms with Crippen LogP contribution in [0.4, 0.5) is 5.69 Å². The van der Waals surface area contributed by atoms with Crippen molar-refractivity contribution < 1.29 is 19.6 Å². The molecule has 5 N–H and O–H groups in total. The van der Waals surface area contributed by atoms with Crippen LogP contribution in [0.3, 0.4) is 0 Å². The second kappa shape index (κ2) is 13.7. The van der Waals surface area contributed by atoms with E-state index in [9.17, 15) is 19.6 Å². The Labute approximate surface area is 166 Å². The van der Waals surface area contributed by atoms with Gasteiger partial charge in [-0.1, -0.05) is 38.0 Å². The minimum Gasteiger partial charge on any atom is -0.344 e. The van der Waals surface area contributed by atoms with Crippen molar-refractivity contribution in [3.8, 4) is 0 Å². The third-order valence-electron chi connectivity index (χ3n) is 4.43. The van der Waals surface area contributed by atoms with Crippen molar-refractivity contribution in [2.45, 2.75) is 51.5 Å². The van der Waals surface area contributed by atoms with Gasteiger partial charge in [0.2, 0.25) is 18.2 Å². The Morgan fingerprint density at radius 2 is 1.86 bits per heavy atom. The van der Waals surface area contributed by atoms with Crippen LogP contribution in [0.2, 0.25) is 0 Å². The molecule has 0 unspecified atom stereocenters. The highest BCUT2D eigenvalue weighted by Gasteiger charge is 2.26. The van der Waals surface area contributed by atoms with Crippen molar-refractivity contribution >= 4 is 23.9 Å². The van der Waals surface area contributed by atoms with Gasteiger partial charge in [-0.15, -0.1) is 0 Å². The van der Waals surface area contributed by atoms with E-state index in [-0.39, 0.29) is 24.8 Å². The lowest BCUT2D eigenvalue weighted by molar-refractivity contribution is -0.155. The average Bonchev–Trinajstić information content (AvgIpc) is 2.70. The molecule has 3 amide bonds. The molecule has 1 aromatic carbocycles. The summed E-state index contributed by atoms with van der Waals surface area (Å²) >= 11 is 0. The zero-order chi connectivity index (χ0) is 20.8. The Morgan fingerprint density at radius 1 is 1.14 bits per heavy atom. The van der Waals surface area contributed by atoms with Crippen LogP contribution in [0.5, 0.6) is 0 Å². The molecule has 0 saturated heterocycles. The van der Waals surface area contributed by atoms with E-state index in [1.807, 2.05) is 25.1 Å². The molecule has 156 valence electrons. The number of carbonyl (C=O) groups is 3. The summed E-state index contributed by atoms with van der Waals surface area (Å²) in [5.74, 6) is -1.24. The number of benzene rings is 1. The predicted molar refractivity (Wildman–Crippen MR) is 107 cm³/mol. The van der Waals surface area contributed by atoms with Gasteiger partial charge in [-0.25, -0.2) is 5.06 Å². The molecule has 0 bridgehead atoms. The fourth-order valence-corrected chi connectivity index (χ4v) is 2.83. The molecule has 0 spiro atoms. The highest BCUT2D eigenvalue weighted by Crippen LogP contribution is 2.13. The fourth-order valence-electron chi connectivity index (χ4n) is 2.83. The Hall–Kier alpha value is -2.45. The second-order valence-corrected chi connectivity index (χ2v) is 6.77. The van der Waals surface area contributed by atoms with E-state index < -0.39 is 12.0 Å². The Morgan fingerprint density at radius 3 is 2.46 bits per heavy atom. The lowest BCUT2D eigenvalue weighted by Gasteiger charge is -2.23. The molecule has 1 rings (SSSR count). The van der Waals surface area contributed by atoms with E-state index >= 15 is 0 Å². The fraction of sp³-hybridized carbons (Fsp3) is 0.550. The van der Waals surface area contributed by atoms with Gasteiger partial charge in [-0.3, -0.25) is 19.6 Å². The van der Waals surface area contributed by atoms with Crippen molar-refractivity contribution in [1.29, 1.82) is 0 Å². The van der Waals surface area contributed by atoms with Gasteiger partial charge in [0.1, 0.15) is 6.04 Å². The third kappa shape index (κ3) is 8.96. The molecule has 0 fully saturated rings. The minimum absolute atomic E-state index is 0.106. The monoisotopic (exact) mass is 392 g/mol. The summed E-state index contributed by atoms with van der Waals surface area (Å²) in [5, 5.41) is 15.5. The summed E-state index contributed by atoms with van der Waals surface area (Å²) < 4.78 is 0. The van der Waals surface area contributed by atoms with Gasteiger partial charge in [0, 0.05) is 5.69 Å². The molecule has 0 heterocycles. The summed E-state index contributed by atoms with van der Waals surface area (Å²) in [7, 11) is 0. The van der Waals surface area contributed by atoms with E-state index in [0.29, 0.717) is 36.6 Å². The van der Waals surface area contributed by atoms with Crippen molar-refractivity contribution in [3.05, 3.63) is 30.3 Å². The van der Waals surface area contributed by atoms with E-state index in [1.54, 1.807) is 12.1 Å². The van der Waals surface area contributed by atoms with Gasteiger partial charge in [0.15, 0.2) is 0 Å². The first kappa shape index (κ1) is 23.6. The van der Waals surface area contributed by atoms with Gasteiger partial charge in [-0.05, 0) is 44.4 Å². The number of unbranched alkanes of at least 4 members (excludes halogenated alkanes) is 2. The molecule has 0 aliphatic carbocycles. The molecule has 0 saturated carbocycles. The molecule has 0 radical (unpaired) electrons. The van der Waals surface area contributed by atoms with Crippen molar-refractivity contribution in [2.24, 2.45) is 11.7 Å².